The quantitative estimate of drug-likeness (QED) is 0.741. The summed E-state index contributed by atoms with van der Waals surface area (Å²) in [4.78, 5) is 0. The monoisotopic (exact) mass is 280 g/mol. The molecule has 0 spiro atoms. The van der Waals surface area contributed by atoms with Gasteiger partial charge in [-0.3, -0.25) is 0 Å². The van der Waals surface area contributed by atoms with Gasteiger partial charge in [0.15, 0.2) is 11.6 Å². The summed E-state index contributed by atoms with van der Waals surface area (Å²) < 4.78 is 33.0. The van der Waals surface area contributed by atoms with E-state index in [0.29, 0.717) is 16.3 Å². The summed E-state index contributed by atoms with van der Waals surface area (Å²) in [6.45, 7) is 1.93. The van der Waals surface area contributed by atoms with Crippen molar-refractivity contribution in [3.8, 4) is 16.9 Å². The maximum atomic E-state index is 13.9. The molecule has 1 aliphatic heterocycles. The average molecular weight is 281 g/mol. The lowest BCUT2D eigenvalue weighted by Gasteiger charge is -2.11. The van der Waals surface area contributed by atoms with E-state index in [-0.39, 0.29) is 11.7 Å². The van der Waals surface area contributed by atoms with Crippen LogP contribution in [-0.4, -0.2) is 6.10 Å². The number of halogens is 3. The van der Waals surface area contributed by atoms with E-state index in [1.807, 2.05) is 6.92 Å². The highest BCUT2D eigenvalue weighted by molar-refractivity contribution is 6.31. The Morgan fingerprint density at radius 1 is 1.21 bits per heavy atom. The molecule has 98 valence electrons. The SMILES string of the molecule is CC1Cc2cc(Cl)cc(-c3cccc(F)c3F)c2O1. The molecular formula is C15H11ClF2O. The van der Waals surface area contributed by atoms with Gasteiger partial charge in [0.05, 0.1) is 0 Å². The second-order valence-electron chi connectivity index (χ2n) is 4.68. The third-order valence-corrected chi connectivity index (χ3v) is 3.42. The molecule has 19 heavy (non-hydrogen) atoms. The summed E-state index contributed by atoms with van der Waals surface area (Å²) in [6.07, 6.45) is 0.739. The summed E-state index contributed by atoms with van der Waals surface area (Å²) in [5, 5.41) is 0.495. The number of benzene rings is 2. The molecule has 1 aliphatic rings. The van der Waals surface area contributed by atoms with Gasteiger partial charge >= 0.3 is 0 Å². The van der Waals surface area contributed by atoms with Crippen LogP contribution in [0.1, 0.15) is 12.5 Å². The summed E-state index contributed by atoms with van der Waals surface area (Å²) in [5.41, 5.74) is 1.61. The van der Waals surface area contributed by atoms with Crippen molar-refractivity contribution in [2.45, 2.75) is 19.4 Å². The first-order valence-corrected chi connectivity index (χ1v) is 6.37. The molecule has 4 heteroatoms. The van der Waals surface area contributed by atoms with Crippen LogP contribution >= 0.6 is 11.6 Å². The van der Waals surface area contributed by atoms with E-state index >= 15 is 0 Å². The van der Waals surface area contributed by atoms with Gasteiger partial charge in [0.2, 0.25) is 0 Å². The van der Waals surface area contributed by atoms with Gasteiger partial charge in [-0.1, -0.05) is 23.7 Å². The number of hydrogen-bond acceptors (Lipinski definition) is 1. The van der Waals surface area contributed by atoms with E-state index in [2.05, 4.69) is 0 Å². The van der Waals surface area contributed by atoms with Crippen LogP contribution in [-0.2, 0) is 6.42 Å². The summed E-state index contributed by atoms with van der Waals surface area (Å²) in [7, 11) is 0. The fourth-order valence-electron chi connectivity index (χ4n) is 2.41. The second-order valence-corrected chi connectivity index (χ2v) is 5.11. The fraction of sp³-hybridized carbons (Fsp3) is 0.200. The third kappa shape index (κ3) is 2.08. The van der Waals surface area contributed by atoms with Crippen molar-refractivity contribution in [2.24, 2.45) is 0 Å². The first-order valence-electron chi connectivity index (χ1n) is 5.99. The molecule has 0 saturated carbocycles. The van der Waals surface area contributed by atoms with Crippen molar-refractivity contribution in [1.82, 2.24) is 0 Å². The molecule has 1 atom stereocenters. The van der Waals surface area contributed by atoms with E-state index in [1.165, 1.54) is 12.1 Å². The first-order chi connectivity index (χ1) is 9.06. The predicted octanol–water partition coefficient (Wildman–Crippen LogP) is 4.61. The van der Waals surface area contributed by atoms with Crippen molar-refractivity contribution < 1.29 is 13.5 Å². The molecule has 1 unspecified atom stereocenters. The zero-order valence-corrected chi connectivity index (χ0v) is 11.0. The number of fused-ring (bicyclic) bond motifs is 1. The lowest BCUT2D eigenvalue weighted by Crippen LogP contribution is -2.05. The van der Waals surface area contributed by atoms with Crippen LogP contribution in [0.25, 0.3) is 11.1 Å². The topological polar surface area (TPSA) is 9.23 Å². The number of hydrogen-bond donors (Lipinski definition) is 0. The predicted molar refractivity (Wildman–Crippen MR) is 70.6 cm³/mol. The number of ether oxygens (including phenoxy) is 1. The molecule has 3 rings (SSSR count). The van der Waals surface area contributed by atoms with Gasteiger partial charge in [0.1, 0.15) is 11.9 Å². The lowest BCUT2D eigenvalue weighted by atomic mass is 10.00. The summed E-state index contributed by atoms with van der Waals surface area (Å²) >= 11 is 6.05. The Hall–Kier alpha value is -1.61. The summed E-state index contributed by atoms with van der Waals surface area (Å²) in [5.74, 6) is -1.16. The van der Waals surface area contributed by atoms with E-state index in [0.717, 1.165) is 18.1 Å². The van der Waals surface area contributed by atoms with Gasteiger partial charge in [-0.25, -0.2) is 8.78 Å². The minimum absolute atomic E-state index is 0.0174. The van der Waals surface area contributed by atoms with Crippen LogP contribution in [0.15, 0.2) is 30.3 Å². The lowest BCUT2D eigenvalue weighted by molar-refractivity contribution is 0.255. The van der Waals surface area contributed by atoms with E-state index < -0.39 is 11.6 Å². The van der Waals surface area contributed by atoms with Gasteiger partial charge in [-0.2, -0.15) is 0 Å². The van der Waals surface area contributed by atoms with Crippen molar-refractivity contribution >= 4 is 11.6 Å². The molecule has 0 N–H and O–H groups in total. The Labute approximate surface area is 114 Å². The summed E-state index contributed by atoms with van der Waals surface area (Å²) in [6, 6.07) is 7.50. The highest BCUT2D eigenvalue weighted by atomic mass is 35.5. The van der Waals surface area contributed by atoms with Gasteiger partial charge in [0, 0.05) is 22.6 Å². The smallest absolute Gasteiger partial charge is 0.166 e. The second kappa shape index (κ2) is 4.49. The molecule has 0 aromatic heterocycles. The van der Waals surface area contributed by atoms with Gasteiger partial charge in [0.25, 0.3) is 0 Å². The molecule has 0 bridgehead atoms. The standard InChI is InChI=1S/C15H11ClF2O/c1-8-5-9-6-10(16)7-12(15(9)19-8)11-3-2-4-13(17)14(11)18/h2-4,6-8H,5H2,1H3. The molecule has 2 aromatic carbocycles. The average Bonchev–Trinajstić information content (AvgIpc) is 2.72. The van der Waals surface area contributed by atoms with Crippen LogP contribution < -0.4 is 4.74 Å². The minimum Gasteiger partial charge on any atom is -0.489 e. The van der Waals surface area contributed by atoms with Crippen LogP contribution in [0.4, 0.5) is 8.78 Å². The van der Waals surface area contributed by atoms with Crippen LogP contribution in [0, 0.1) is 11.6 Å². The Morgan fingerprint density at radius 3 is 2.79 bits per heavy atom. The molecule has 0 aliphatic carbocycles. The zero-order chi connectivity index (χ0) is 13.6. The third-order valence-electron chi connectivity index (χ3n) is 3.20. The first kappa shape index (κ1) is 12.4. The molecule has 0 radical (unpaired) electrons. The van der Waals surface area contributed by atoms with Crippen molar-refractivity contribution in [1.29, 1.82) is 0 Å². The van der Waals surface area contributed by atoms with E-state index in [4.69, 9.17) is 16.3 Å². The van der Waals surface area contributed by atoms with Crippen molar-refractivity contribution in [2.75, 3.05) is 0 Å². The molecule has 0 amide bonds. The maximum Gasteiger partial charge on any atom is 0.166 e. The molecule has 1 nitrogen and oxygen atoms in total. The molecule has 1 heterocycles. The van der Waals surface area contributed by atoms with E-state index in [1.54, 1.807) is 12.1 Å². The Kier molecular flexibility index (Phi) is 2.94. The van der Waals surface area contributed by atoms with Crippen LogP contribution in [0.5, 0.6) is 5.75 Å². The highest BCUT2D eigenvalue weighted by Gasteiger charge is 2.25. The van der Waals surface area contributed by atoms with Gasteiger partial charge in [-0.05, 0) is 30.7 Å². The highest BCUT2D eigenvalue weighted by Crippen LogP contribution is 2.42. The molecular weight excluding hydrogens is 270 g/mol. The normalized spacial score (nSPS) is 17.2. The Bertz CT molecular complexity index is 655. The van der Waals surface area contributed by atoms with Gasteiger partial charge in [-0.15, -0.1) is 0 Å². The van der Waals surface area contributed by atoms with Crippen LogP contribution in [0.3, 0.4) is 0 Å². The molecule has 0 saturated heterocycles. The fourth-order valence-corrected chi connectivity index (χ4v) is 2.65. The Morgan fingerprint density at radius 2 is 2.00 bits per heavy atom. The number of rotatable bonds is 1. The largest absolute Gasteiger partial charge is 0.489 e. The maximum absolute atomic E-state index is 13.9. The van der Waals surface area contributed by atoms with Crippen molar-refractivity contribution in [3.05, 3.63) is 52.6 Å². The van der Waals surface area contributed by atoms with Crippen LogP contribution in [0.2, 0.25) is 5.02 Å². The minimum atomic E-state index is -0.880. The zero-order valence-electron chi connectivity index (χ0n) is 10.2. The Balaban J connectivity index is 2.24. The van der Waals surface area contributed by atoms with Crippen molar-refractivity contribution in [3.63, 3.8) is 0 Å². The molecule has 2 aromatic rings. The molecule has 0 fully saturated rings. The van der Waals surface area contributed by atoms with E-state index in [9.17, 15) is 8.78 Å². The van der Waals surface area contributed by atoms with Gasteiger partial charge < -0.3 is 4.74 Å².